The first-order chi connectivity index (χ1) is 8.83. The fourth-order valence-corrected chi connectivity index (χ4v) is 1.96. The summed E-state index contributed by atoms with van der Waals surface area (Å²) in [5.74, 6) is 0.702. The second-order valence-electron chi connectivity index (χ2n) is 6.50. The van der Waals surface area contributed by atoms with Gasteiger partial charge in [0.05, 0.1) is 11.9 Å². The molecule has 108 valence electrons. The van der Waals surface area contributed by atoms with Crippen LogP contribution < -0.4 is 10.2 Å². The molecule has 3 heteroatoms. The van der Waals surface area contributed by atoms with E-state index in [4.69, 9.17) is 0 Å². The summed E-state index contributed by atoms with van der Waals surface area (Å²) < 4.78 is 0. The average molecular weight is 263 g/mol. The number of nitrogens with zero attached hydrogens (tertiary/aromatic N) is 2. The Hall–Kier alpha value is -1.09. The zero-order chi connectivity index (χ0) is 14.5. The van der Waals surface area contributed by atoms with Gasteiger partial charge in [0.1, 0.15) is 0 Å². The lowest BCUT2D eigenvalue weighted by Gasteiger charge is -2.27. The third-order valence-electron chi connectivity index (χ3n) is 3.39. The quantitative estimate of drug-likeness (QED) is 0.852. The minimum atomic E-state index is 0.135. The summed E-state index contributed by atoms with van der Waals surface area (Å²) in [5.41, 5.74) is 2.69. The van der Waals surface area contributed by atoms with E-state index >= 15 is 0 Å². The van der Waals surface area contributed by atoms with E-state index in [9.17, 15) is 0 Å². The largest absolute Gasteiger partial charge is 0.373 e. The van der Waals surface area contributed by atoms with Gasteiger partial charge >= 0.3 is 0 Å². The van der Waals surface area contributed by atoms with E-state index in [-0.39, 0.29) is 5.54 Å². The molecular formula is C16H29N3. The SMILES string of the molecule is CCC(C)CN(C)c1cnccc1CNC(C)(C)C. The molecule has 0 fully saturated rings. The van der Waals surface area contributed by atoms with E-state index in [1.54, 1.807) is 0 Å². The zero-order valence-corrected chi connectivity index (χ0v) is 13.3. The normalized spacial score (nSPS) is 13.4. The van der Waals surface area contributed by atoms with Crippen LogP contribution in [0, 0.1) is 5.92 Å². The molecule has 19 heavy (non-hydrogen) atoms. The summed E-state index contributed by atoms with van der Waals surface area (Å²) in [6.07, 6.45) is 5.06. The number of nitrogens with one attached hydrogen (secondary N) is 1. The molecule has 0 amide bonds. The number of pyridine rings is 1. The second-order valence-corrected chi connectivity index (χ2v) is 6.50. The molecule has 1 rings (SSSR count). The highest BCUT2D eigenvalue weighted by Gasteiger charge is 2.13. The van der Waals surface area contributed by atoms with Gasteiger partial charge in [-0.05, 0) is 38.3 Å². The summed E-state index contributed by atoms with van der Waals surface area (Å²) >= 11 is 0. The van der Waals surface area contributed by atoms with E-state index in [0.29, 0.717) is 5.92 Å². The van der Waals surface area contributed by atoms with Gasteiger partial charge in [-0.1, -0.05) is 20.3 Å². The lowest BCUT2D eigenvalue weighted by atomic mass is 10.1. The molecule has 3 nitrogen and oxygen atoms in total. The average Bonchev–Trinajstić information content (AvgIpc) is 2.35. The number of hydrogen-bond acceptors (Lipinski definition) is 3. The molecule has 0 saturated carbocycles. The molecule has 0 aliphatic heterocycles. The first kappa shape index (κ1) is 16.0. The van der Waals surface area contributed by atoms with Crippen molar-refractivity contribution in [2.75, 3.05) is 18.5 Å². The standard InChI is InChI=1S/C16H29N3/c1-7-13(2)12-19(6)15-11-17-9-8-14(15)10-18-16(3,4)5/h8-9,11,13,18H,7,10,12H2,1-6H3. The van der Waals surface area contributed by atoms with Gasteiger partial charge in [0.2, 0.25) is 0 Å². The van der Waals surface area contributed by atoms with E-state index in [0.717, 1.165) is 13.1 Å². The van der Waals surface area contributed by atoms with Crippen molar-refractivity contribution in [3.05, 3.63) is 24.0 Å². The van der Waals surface area contributed by atoms with Gasteiger partial charge in [-0.3, -0.25) is 4.98 Å². The molecule has 1 N–H and O–H groups in total. The maximum Gasteiger partial charge on any atom is 0.0595 e. The van der Waals surface area contributed by atoms with Crippen molar-refractivity contribution in [1.82, 2.24) is 10.3 Å². The Morgan fingerprint density at radius 2 is 2.05 bits per heavy atom. The predicted molar refractivity (Wildman–Crippen MR) is 83.6 cm³/mol. The molecular weight excluding hydrogens is 234 g/mol. The topological polar surface area (TPSA) is 28.2 Å². The van der Waals surface area contributed by atoms with Crippen LogP contribution in [0.2, 0.25) is 0 Å². The summed E-state index contributed by atoms with van der Waals surface area (Å²) in [7, 11) is 2.16. The van der Waals surface area contributed by atoms with Crippen LogP contribution in [0.15, 0.2) is 18.5 Å². The third kappa shape index (κ3) is 5.60. The molecule has 0 spiro atoms. The van der Waals surface area contributed by atoms with Gasteiger partial charge in [-0.15, -0.1) is 0 Å². The van der Waals surface area contributed by atoms with Crippen LogP contribution in [0.1, 0.15) is 46.6 Å². The molecule has 0 saturated heterocycles. The van der Waals surface area contributed by atoms with Crippen LogP contribution in [0.4, 0.5) is 5.69 Å². The number of aromatic nitrogens is 1. The van der Waals surface area contributed by atoms with Gasteiger partial charge < -0.3 is 10.2 Å². The molecule has 0 bridgehead atoms. The molecule has 0 radical (unpaired) electrons. The first-order valence-electron chi connectivity index (χ1n) is 7.22. The van der Waals surface area contributed by atoms with Crippen molar-refractivity contribution in [2.45, 2.75) is 53.1 Å². The molecule has 0 aliphatic carbocycles. The predicted octanol–water partition coefficient (Wildman–Crippen LogP) is 3.45. The van der Waals surface area contributed by atoms with Crippen LogP contribution in [0.3, 0.4) is 0 Å². The maximum absolute atomic E-state index is 4.27. The minimum Gasteiger partial charge on any atom is -0.373 e. The van der Waals surface area contributed by atoms with Crippen molar-refractivity contribution < 1.29 is 0 Å². The third-order valence-corrected chi connectivity index (χ3v) is 3.39. The van der Waals surface area contributed by atoms with Gasteiger partial charge in [0.25, 0.3) is 0 Å². The Morgan fingerprint density at radius 1 is 1.37 bits per heavy atom. The highest BCUT2D eigenvalue weighted by atomic mass is 15.1. The Kier molecular flexibility index (Phi) is 5.80. The highest BCUT2D eigenvalue weighted by Crippen LogP contribution is 2.20. The molecule has 0 aromatic carbocycles. The van der Waals surface area contributed by atoms with Crippen LogP contribution in [0.25, 0.3) is 0 Å². The van der Waals surface area contributed by atoms with E-state index in [2.05, 4.69) is 62.9 Å². The summed E-state index contributed by atoms with van der Waals surface area (Å²) in [4.78, 5) is 6.59. The Balaban J connectivity index is 2.77. The van der Waals surface area contributed by atoms with E-state index < -0.39 is 0 Å². The number of hydrogen-bond donors (Lipinski definition) is 1. The van der Waals surface area contributed by atoms with Crippen LogP contribution >= 0.6 is 0 Å². The summed E-state index contributed by atoms with van der Waals surface area (Å²) in [5, 5.41) is 3.55. The Morgan fingerprint density at radius 3 is 2.63 bits per heavy atom. The summed E-state index contributed by atoms with van der Waals surface area (Å²) in [6, 6.07) is 2.11. The number of anilines is 1. The molecule has 1 atom stereocenters. The van der Waals surface area contributed by atoms with E-state index in [1.807, 2.05) is 12.4 Å². The van der Waals surface area contributed by atoms with Crippen molar-refractivity contribution in [2.24, 2.45) is 5.92 Å². The van der Waals surface area contributed by atoms with Gasteiger partial charge in [0.15, 0.2) is 0 Å². The summed E-state index contributed by atoms with van der Waals surface area (Å²) in [6.45, 7) is 13.1. The minimum absolute atomic E-state index is 0.135. The van der Waals surface area contributed by atoms with Crippen LogP contribution in [0.5, 0.6) is 0 Å². The monoisotopic (exact) mass is 263 g/mol. The lowest BCUT2D eigenvalue weighted by Crippen LogP contribution is -2.35. The number of rotatable bonds is 6. The molecule has 1 aromatic heterocycles. The zero-order valence-electron chi connectivity index (χ0n) is 13.3. The van der Waals surface area contributed by atoms with E-state index in [1.165, 1.54) is 17.7 Å². The maximum atomic E-state index is 4.27. The van der Waals surface area contributed by atoms with Crippen LogP contribution in [-0.4, -0.2) is 24.1 Å². The molecule has 1 heterocycles. The lowest BCUT2D eigenvalue weighted by molar-refractivity contribution is 0.424. The first-order valence-corrected chi connectivity index (χ1v) is 7.22. The Bertz CT molecular complexity index is 382. The highest BCUT2D eigenvalue weighted by molar-refractivity contribution is 5.51. The second kappa shape index (κ2) is 6.90. The van der Waals surface area contributed by atoms with Crippen molar-refractivity contribution in [3.8, 4) is 0 Å². The van der Waals surface area contributed by atoms with Gasteiger partial charge in [0, 0.05) is 31.9 Å². The van der Waals surface area contributed by atoms with Crippen molar-refractivity contribution in [3.63, 3.8) is 0 Å². The van der Waals surface area contributed by atoms with Crippen molar-refractivity contribution >= 4 is 5.69 Å². The van der Waals surface area contributed by atoms with Crippen molar-refractivity contribution in [1.29, 1.82) is 0 Å². The fraction of sp³-hybridized carbons (Fsp3) is 0.688. The fourth-order valence-electron chi connectivity index (χ4n) is 1.96. The smallest absolute Gasteiger partial charge is 0.0595 e. The van der Waals surface area contributed by atoms with Crippen LogP contribution in [-0.2, 0) is 6.54 Å². The molecule has 0 aliphatic rings. The van der Waals surface area contributed by atoms with Gasteiger partial charge in [-0.25, -0.2) is 0 Å². The molecule has 1 unspecified atom stereocenters. The molecule has 1 aromatic rings. The Labute approximate surface area is 118 Å². The van der Waals surface area contributed by atoms with Gasteiger partial charge in [-0.2, -0.15) is 0 Å².